The van der Waals surface area contributed by atoms with Gasteiger partial charge in [-0.25, -0.2) is 4.98 Å². The lowest BCUT2D eigenvalue weighted by Gasteiger charge is -1.91. The lowest BCUT2D eigenvalue weighted by atomic mass is 10.2. The molecule has 114 valence electrons. The minimum absolute atomic E-state index is 0.139. The monoisotopic (exact) mass is 295 g/mol. The van der Waals surface area contributed by atoms with Crippen LogP contribution < -0.4 is 0 Å². The van der Waals surface area contributed by atoms with E-state index in [2.05, 4.69) is 33.7 Å². The van der Waals surface area contributed by atoms with Crippen LogP contribution in [0, 0.1) is 6.92 Å². The second-order valence-corrected chi connectivity index (χ2v) is 4.92. The number of imidazole rings is 1. The number of benzene rings is 1. The number of nitrogens with one attached hydrogen (secondary N) is 1. The van der Waals surface area contributed by atoms with Gasteiger partial charge >= 0.3 is 0 Å². The Balaban J connectivity index is 0.000000162. The van der Waals surface area contributed by atoms with Crippen molar-refractivity contribution in [2.45, 2.75) is 19.8 Å². The van der Waals surface area contributed by atoms with Crippen LogP contribution in [0.15, 0.2) is 55.3 Å². The van der Waals surface area contributed by atoms with Gasteiger partial charge in [-0.1, -0.05) is 30.3 Å². The van der Waals surface area contributed by atoms with Crippen LogP contribution in [-0.4, -0.2) is 26.7 Å². The summed E-state index contributed by atoms with van der Waals surface area (Å²) >= 11 is 0. The van der Waals surface area contributed by atoms with Crippen molar-refractivity contribution in [3.63, 3.8) is 0 Å². The maximum atomic E-state index is 8.67. The summed E-state index contributed by atoms with van der Waals surface area (Å²) in [5.74, 6) is 0.854. The Bertz CT molecular complexity index is 669. The average Bonchev–Trinajstić information content (AvgIpc) is 2.89. The standard InChI is InChI=1S/C9H14N2O.C9H7N/c1-3-4-8-7(2)10-9(11-8)5-6-12;1-2-6-9-8(4-1)5-3-7-10-9/h3,12H,1,4-6H2,2H3,(H,10,11);1-7H. The zero-order chi connectivity index (χ0) is 15.8. The summed E-state index contributed by atoms with van der Waals surface area (Å²) in [6.45, 7) is 5.77. The van der Waals surface area contributed by atoms with Gasteiger partial charge in [0.05, 0.1) is 17.8 Å². The molecule has 2 heterocycles. The fourth-order valence-electron chi connectivity index (χ4n) is 2.14. The maximum Gasteiger partial charge on any atom is 0.108 e. The summed E-state index contributed by atoms with van der Waals surface area (Å²) in [5, 5.41) is 9.87. The van der Waals surface area contributed by atoms with Crippen LogP contribution >= 0.6 is 0 Å². The molecule has 0 saturated carbocycles. The van der Waals surface area contributed by atoms with Crippen LogP contribution in [0.3, 0.4) is 0 Å². The Hall–Kier alpha value is -2.46. The van der Waals surface area contributed by atoms with E-state index in [4.69, 9.17) is 5.11 Å². The average molecular weight is 295 g/mol. The molecule has 0 aliphatic carbocycles. The molecule has 4 nitrogen and oxygen atoms in total. The second-order valence-electron chi connectivity index (χ2n) is 4.92. The molecular weight excluding hydrogens is 274 g/mol. The molecule has 2 aromatic heterocycles. The molecule has 2 N–H and O–H groups in total. The van der Waals surface area contributed by atoms with Gasteiger partial charge in [0, 0.05) is 30.1 Å². The molecule has 3 rings (SSSR count). The summed E-state index contributed by atoms with van der Waals surface area (Å²) in [4.78, 5) is 11.6. The topological polar surface area (TPSA) is 61.8 Å². The zero-order valence-corrected chi connectivity index (χ0v) is 12.8. The van der Waals surface area contributed by atoms with E-state index in [1.807, 2.05) is 43.5 Å². The highest BCUT2D eigenvalue weighted by Gasteiger charge is 2.03. The van der Waals surface area contributed by atoms with Crippen molar-refractivity contribution in [3.05, 3.63) is 72.5 Å². The highest BCUT2D eigenvalue weighted by molar-refractivity contribution is 5.77. The Morgan fingerprint density at radius 1 is 1.23 bits per heavy atom. The smallest absolute Gasteiger partial charge is 0.108 e. The van der Waals surface area contributed by atoms with Gasteiger partial charge in [0.15, 0.2) is 0 Å². The number of hydrogen-bond donors (Lipinski definition) is 2. The van der Waals surface area contributed by atoms with Crippen LogP contribution in [-0.2, 0) is 12.8 Å². The third kappa shape index (κ3) is 4.27. The number of aliphatic hydroxyl groups is 1. The minimum atomic E-state index is 0.139. The number of rotatable bonds is 4. The maximum absolute atomic E-state index is 8.67. The molecule has 3 aromatic rings. The van der Waals surface area contributed by atoms with E-state index in [9.17, 15) is 0 Å². The molecule has 0 aliphatic rings. The fraction of sp³-hybridized carbons (Fsp3) is 0.222. The van der Waals surface area contributed by atoms with Crippen LogP contribution in [0.5, 0.6) is 0 Å². The summed E-state index contributed by atoms with van der Waals surface area (Å²) in [6.07, 6.45) is 5.01. The van der Waals surface area contributed by atoms with E-state index in [0.29, 0.717) is 6.42 Å². The van der Waals surface area contributed by atoms with Gasteiger partial charge in [-0.2, -0.15) is 0 Å². The molecule has 0 saturated heterocycles. The van der Waals surface area contributed by atoms with E-state index in [1.54, 1.807) is 0 Å². The van der Waals surface area contributed by atoms with E-state index >= 15 is 0 Å². The van der Waals surface area contributed by atoms with Gasteiger partial charge < -0.3 is 10.1 Å². The lowest BCUT2D eigenvalue weighted by molar-refractivity contribution is 0.297. The first-order valence-corrected chi connectivity index (χ1v) is 7.30. The van der Waals surface area contributed by atoms with E-state index in [1.165, 1.54) is 5.39 Å². The molecule has 4 heteroatoms. The minimum Gasteiger partial charge on any atom is -0.396 e. The van der Waals surface area contributed by atoms with E-state index in [0.717, 1.165) is 29.1 Å². The van der Waals surface area contributed by atoms with E-state index in [-0.39, 0.29) is 6.61 Å². The number of aromatic nitrogens is 3. The summed E-state index contributed by atoms with van der Waals surface area (Å²) < 4.78 is 0. The van der Waals surface area contributed by atoms with Crippen molar-refractivity contribution in [2.75, 3.05) is 6.61 Å². The Morgan fingerprint density at radius 2 is 2.00 bits per heavy atom. The molecule has 0 bridgehead atoms. The quantitative estimate of drug-likeness (QED) is 0.726. The van der Waals surface area contributed by atoms with Crippen molar-refractivity contribution in [2.24, 2.45) is 0 Å². The Kier molecular flexibility index (Phi) is 5.86. The second kappa shape index (κ2) is 8.10. The molecule has 22 heavy (non-hydrogen) atoms. The van der Waals surface area contributed by atoms with Crippen LogP contribution in [0.2, 0.25) is 0 Å². The van der Waals surface area contributed by atoms with Crippen molar-refractivity contribution in [1.29, 1.82) is 0 Å². The number of nitrogens with zero attached hydrogens (tertiary/aromatic N) is 2. The molecule has 0 amide bonds. The number of hydrogen-bond acceptors (Lipinski definition) is 3. The predicted octanol–water partition coefficient (Wildman–Crippen LogP) is 3.22. The first-order valence-electron chi connectivity index (χ1n) is 7.30. The van der Waals surface area contributed by atoms with Gasteiger partial charge in [-0.3, -0.25) is 4.98 Å². The molecule has 0 atom stereocenters. The number of pyridine rings is 1. The molecule has 0 aliphatic heterocycles. The third-order valence-corrected chi connectivity index (χ3v) is 3.23. The Labute approximate surface area is 130 Å². The van der Waals surface area contributed by atoms with Gasteiger partial charge in [-0.05, 0) is 19.1 Å². The van der Waals surface area contributed by atoms with Crippen LogP contribution in [0.25, 0.3) is 10.9 Å². The number of para-hydroxylation sites is 1. The number of aliphatic hydroxyl groups excluding tert-OH is 1. The molecular formula is C18H21N3O. The largest absolute Gasteiger partial charge is 0.396 e. The van der Waals surface area contributed by atoms with E-state index < -0.39 is 0 Å². The summed E-state index contributed by atoms with van der Waals surface area (Å²) in [7, 11) is 0. The number of allylic oxidation sites excluding steroid dienone is 1. The number of aryl methyl sites for hydroxylation is 1. The van der Waals surface area contributed by atoms with Gasteiger partial charge in [-0.15, -0.1) is 6.58 Å². The summed E-state index contributed by atoms with van der Waals surface area (Å²) in [5.41, 5.74) is 3.15. The SMILES string of the molecule is C=CCc1nc(CCO)[nH]c1C.c1ccc2ncccc2c1. The zero-order valence-electron chi connectivity index (χ0n) is 12.8. The molecule has 0 unspecified atom stereocenters. The van der Waals surface area contributed by atoms with Crippen molar-refractivity contribution >= 4 is 10.9 Å². The Morgan fingerprint density at radius 3 is 2.73 bits per heavy atom. The highest BCUT2D eigenvalue weighted by atomic mass is 16.3. The highest BCUT2D eigenvalue weighted by Crippen LogP contribution is 2.08. The van der Waals surface area contributed by atoms with Crippen molar-refractivity contribution in [1.82, 2.24) is 15.0 Å². The van der Waals surface area contributed by atoms with Gasteiger partial charge in [0.1, 0.15) is 5.82 Å². The first kappa shape index (κ1) is 15.9. The van der Waals surface area contributed by atoms with Crippen LogP contribution in [0.1, 0.15) is 17.2 Å². The third-order valence-electron chi connectivity index (χ3n) is 3.23. The molecule has 0 fully saturated rings. The molecule has 0 spiro atoms. The van der Waals surface area contributed by atoms with Gasteiger partial charge in [0.25, 0.3) is 0 Å². The van der Waals surface area contributed by atoms with Crippen molar-refractivity contribution < 1.29 is 5.11 Å². The van der Waals surface area contributed by atoms with Crippen molar-refractivity contribution in [3.8, 4) is 0 Å². The lowest BCUT2D eigenvalue weighted by Crippen LogP contribution is -1.92. The van der Waals surface area contributed by atoms with Gasteiger partial charge in [0.2, 0.25) is 0 Å². The fourth-order valence-corrected chi connectivity index (χ4v) is 2.14. The first-order chi connectivity index (χ1) is 10.7. The number of aromatic amines is 1. The normalized spacial score (nSPS) is 10.1. The molecule has 1 aromatic carbocycles. The number of H-pyrrole nitrogens is 1. The van der Waals surface area contributed by atoms with Crippen LogP contribution in [0.4, 0.5) is 0 Å². The number of fused-ring (bicyclic) bond motifs is 1. The summed E-state index contributed by atoms with van der Waals surface area (Å²) in [6, 6.07) is 12.1. The predicted molar refractivity (Wildman–Crippen MR) is 89.8 cm³/mol. The molecule has 0 radical (unpaired) electrons.